The minimum absolute atomic E-state index is 0.0703. The molecule has 1 aromatic carbocycles. The van der Waals surface area contributed by atoms with Gasteiger partial charge in [0.15, 0.2) is 5.13 Å². The van der Waals surface area contributed by atoms with Gasteiger partial charge in [0.1, 0.15) is 12.8 Å². The highest BCUT2D eigenvalue weighted by Gasteiger charge is 2.23. The SMILES string of the molecule is CN(C)C1CCc2nc(NCc3cccc(CNC(=O)c4ccc(C5C=NCO5)s4)c3)sc2C1. The van der Waals surface area contributed by atoms with E-state index in [1.165, 1.54) is 33.9 Å². The van der Waals surface area contributed by atoms with Gasteiger partial charge in [-0.3, -0.25) is 9.79 Å². The number of rotatable bonds is 8. The van der Waals surface area contributed by atoms with Crippen molar-refractivity contribution in [3.63, 3.8) is 0 Å². The second kappa shape index (κ2) is 10.4. The maximum Gasteiger partial charge on any atom is 0.261 e. The van der Waals surface area contributed by atoms with Crippen LogP contribution in [0.5, 0.6) is 0 Å². The second-order valence-electron chi connectivity index (χ2n) is 8.86. The van der Waals surface area contributed by atoms with Crippen LogP contribution in [-0.2, 0) is 30.7 Å². The van der Waals surface area contributed by atoms with Gasteiger partial charge in [0.25, 0.3) is 5.91 Å². The minimum Gasteiger partial charge on any atom is -0.357 e. The lowest BCUT2D eigenvalue weighted by Crippen LogP contribution is -2.32. The zero-order valence-corrected chi connectivity index (χ0v) is 21.0. The van der Waals surface area contributed by atoms with Crippen molar-refractivity contribution < 1.29 is 9.53 Å². The molecule has 2 unspecified atom stereocenters. The Kier molecular flexibility index (Phi) is 7.05. The first kappa shape index (κ1) is 23.2. The molecule has 1 aliphatic carbocycles. The topological polar surface area (TPSA) is 78.9 Å². The highest BCUT2D eigenvalue weighted by molar-refractivity contribution is 7.15. The first-order chi connectivity index (χ1) is 16.5. The van der Waals surface area contributed by atoms with Crippen LogP contribution in [0, 0.1) is 0 Å². The van der Waals surface area contributed by atoms with E-state index in [1.54, 1.807) is 17.6 Å². The summed E-state index contributed by atoms with van der Waals surface area (Å²) < 4.78 is 5.51. The number of ether oxygens (including phenoxy) is 1. The molecule has 0 fully saturated rings. The number of carbonyl (C=O) groups is 1. The van der Waals surface area contributed by atoms with E-state index in [-0.39, 0.29) is 12.0 Å². The molecule has 0 spiro atoms. The Bertz CT molecular complexity index is 1190. The van der Waals surface area contributed by atoms with Gasteiger partial charge in [0.2, 0.25) is 0 Å². The van der Waals surface area contributed by atoms with Crippen LogP contribution < -0.4 is 10.6 Å². The summed E-state index contributed by atoms with van der Waals surface area (Å²) in [4.78, 5) is 26.9. The van der Waals surface area contributed by atoms with Crippen molar-refractivity contribution in [1.29, 1.82) is 0 Å². The molecule has 7 nitrogen and oxygen atoms in total. The molecular formula is C25H29N5O2S2. The fourth-order valence-electron chi connectivity index (χ4n) is 4.26. The molecule has 1 aliphatic heterocycles. The van der Waals surface area contributed by atoms with E-state index in [4.69, 9.17) is 9.72 Å². The maximum atomic E-state index is 12.6. The summed E-state index contributed by atoms with van der Waals surface area (Å²) in [6.45, 7) is 1.58. The van der Waals surface area contributed by atoms with Gasteiger partial charge in [-0.25, -0.2) is 4.98 Å². The van der Waals surface area contributed by atoms with E-state index in [0.29, 0.717) is 30.7 Å². The van der Waals surface area contributed by atoms with Gasteiger partial charge < -0.3 is 20.3 Å². The molecule has 0 radical (unpaired) electrons. The number of likely N-dealkylation sites (N-methyl/N-ethyl adjacent to an activating group) is 1. The molecular weight excluding hydrogens is 466 g/mol. The highest BCUT2D eigenvalue weighted by Crippen LogP contribution is 2.31. The molecule has 178 valence electrons. The van der Waals surface area contributed by atoms with Gasteiger partial charge in [0, 0.05) is 35.1 Å². The molecule has 0 bridgehead atoms. The van der Waals surface area contributed by atoms with E-state index >= 15 is 0 Å². The zero-order valence-electron chi connectivity index (χ0n) is 19.4. The molecule has 5 rings (SSSR count). The lowest BCUT2D eigenvalue weighted by Gasteiger charge is -2.27. The standard InChI is InChI=1S/C25H29N5O2S2/c1-30(2)18-6-7-19-23(11-18)34-25(29-19)28-13-17-5-3-4-16(10-17)12-27-24(31)22-9-8-21(33-22)20-14-26-15-32-20/h3-5,8-10,14,18,20H,6-7,11-13,15H2,1-2H3,(H,27,31)(H,28,29). The Hall–Kier alpha value is -2.59. The largest absolute Gasteiger partial charge is 0.357 e. The average Bonchev–Trinajstić information content (AvgIpc) is 3.60. The minimum atomic E-state index is -0.131. The van der Waals surface area contributed by atoms with Crippen LogP contribution in [-0.4, -0.2) is 48.9 Å². The zero-order chi connectivity index (χ0) is 23.5. The lowest BCUT2D eigenvalue weighted by molar-refractivity contribution is 0.0955. The molecule has 2 aromatic heterocycles. The Morgan fingerprint density at radius 1 is 1.18 bits per heavy atom. The van der Waals surface area contributed by atoms with Gasteiger partial charge in [-0.05, 0) is 56.6 Å². The number of benzene rings is 1. The third-order valence-corrected chi connectivity index (χ3v) is 8.46. The maximum absolute atomic E-state index is 12.6. The quantitative estimate of drug-likeness (QED) is 0.488. The monoisotopic (exact) mass is 495 g/mol. The fourth-order valence-corrected chi connectivity index (χ4v) is 6.27. The Labute approximate surface area is 207 Å². The highest BCUT2D eigenvalue weighted by atomic mass is 32.1. The number of hydrogen-bond donors (Lipinski definition) is 2. The molecule has 34 heavy (non-hydrogen) atoms. The number of carbonyl (C=O) groups excluding carboxylic acids is 1. The number of anilines is 1. The number of aryl methyl sites for hydroxylation is 1. The Morgan fingerprint density at radius 3 is 2.82 bits per heavy atom. The lowest BCUT2D eigenvalue weighted by atomic mass is 9.97. The fraction of sp³-hybridized carbons (Fsp3) is 0.400. The van der Waals surface area contributed by atoms with Crippen LogP contribution in [0.15, 0.2) is 41.4 Å². The summed E-state index contributed by atoms with van der Waals surface area (Å²) in [7, 11) is 4.31. The number of thiazole rings is 1. The molecule has 0 saturated heterocycles. The normalized spacial score (nSPS) is 19.4. The number of amides is 1. The van der Waals surface area contributed by atoms with Crippen molar-refractivity contribution in [3.05, 3.63) is 67.9 Å². The summed E-state index contributed by atoms with van der Waals surface area (Å²) in [5, 5.41) is 7.52. The number of aliphatic imine (C=N–C) groups is 1. The molecule has 1 amide bonds. The predicted molar refractivity (Wildman–Crippen MR) is 138 cm³/mol. The number of thiophene rings is 1. The van der Waals surface area contributed by atoms with Gasteiger partial charge in [0.05, 0.1) is 10.6 Å². The summed E-state index contributed by atoms with van der Waals surface area (Å²) in [5.74, 6) is -0.0703. The molecule has 2 atom stereocenters. The summed E-state index contributed by atoms with van der Waals surface area (Å²) >= 11 is 3.23. The van der Waals surface area contributed by atoms with Crippen molar-refractivity contribution >= 4 is 39.9 Å². The van der Waals surface area contributed by atoms with Crippen molar-refractivity contribution in [3.8, 4) is 0 Å². The summed E-state index contributed by atoms with van der Waals surface area (Å²) in [6.07, 6.45) is 4.97. The van der Waals surface area contributed by atoms with Crippen LogP contribution in [0.3, 0.4) is 0 Å². The van der Waals surface area contributed by atoms with Crippen LogP contribution in [0.1, 0.15) is 48.8 Å². The molecule has 0 saturated carbocycles. The first-order valence-electron chi connectivity index (χ1n) is 11.5. The van der Waals surface area contributed by atoms with Gasteiger partial charge >= 0.3 is 0 Å². The number of nitrogens with one attached hydrogen (secondary N) is 2. The number of hydrogen-bond acceptors (Lipinski definition) is 8. The number of aromatic nitrogens is 1. The third kappa shape index (κ3) is 5.38. The summed E-state index contributed by atoms with van der Waals surface area (Å²) in [5.41, 5.74) is 3.50. The average molecular weight is 496 g/mol. The van der Waals surface area contributed by atoms with Crippen molar-refractivity contribution in [2.24, 2.45) is 4.99 Å². The number of fused-ring (bicyclic) bond motifs is 1. The van der Waals surface area contributed by atoms with Crippen LogP contribution >= 0.6 is 22.7 Å². The van der Waals surface area contributed by atoms with Gasteiger partial charge in [-0.15, -0.1) is 22.7 Å². The van der Waals surface area contributed by atoms with Crippen molar-refractivity contribution in [1.82, 2.24) is 15.2 Å². The molecule has 3 heterocycles. The summed E-state index contributed by atoms with van der Waals surface area (Å²) in [6, 6.07) is 12.7. The second-order valence-corrected chi connectivity index (χ2v) is 11.1. The van der Waals surface area contributed by atoms with Crippen LogP contribution in [0.2, 0.25) is 0 Å². The third-order valence-electron chi connectivity index (χ3n) is 6.23. The molecule has 2 aliphatic rings. The van der Waals surface area contributed by atoms with Gasteiger partial charge in [-0.2, -0.15) is 0 Å². The number of nitrogens with zero attached hydrogens (tertiary/aromatic N) is 3. The van der Waals surface area contributed by atoms with Crippen molar-refractivity contribution in [2.45, 2.75) is 44.5 Å². The molecule has 3 aromatic rings. The Morgan fingerprint density at radius 2 is 2.03 bits per heavy atom. The van der Waals surface area contributed by atoms with Gasteiger partial charge in [-0.1, -0.05) is 24.3 Å². The van der Waals surface area contributed by atoms with E-state index in [0.717, 1.165) is 28.4 Å². The predicted octanol–water partition coefficient (Wildman–Crippen LogP) is 4.27. The van der Waals surface area contributed by atoms with Crippen LogP contribution in [0.4, 0.5) is 5.13 Å². The van der Waals surface area contributed by atoms with Crippen LogP contribution in [0.25, 0.3) is 0 Å². The molecule has 9 heteroatoms. The van der Waals surface area contributed by atoms with E-state index in [1.807, 2.05) is 24.3 Å². The Balaban J connectivity index is 1.14. The van der Waals surface area contributed by atoms with Crippen molar-refractivity contribution in [2.75, 3.05) is 26.1 Å². The molecule has 2 N–H and O–H groups in total. The first-order valence-corrected chi connectivity index (χ1v) is 13.1. The smallest absolute Gasteiger partial charge is 0.261 e. The van der Waals surface area contributed by atoms with E-state index < -0.39 is 0 Å². The van der Waals surface area contributed by atoms with E-state index in [2.05, 4.69) is 46.8 Å². The van der Waals surface area contributed by atoms with E-state index in [9.17, 15) is 4.79 Å².